The van der Waals surface area contributed by atoms with E-state index in [1.165, 1.54) is 19.2 Å². The third kappa shape index (κ3) is 9.60. The molecule has 0 radical (unpaired) electrons. The summed E-state index contributed by atoms with van der Waals surface area (Å²) in [4.78, 5) is 39.8. The molecular weight excluding hydrogens is 983 g/mol. The van der Waals surface area contributed by atoms with Gasteiger partial charge in [-0.25, -0.2) is 38.5 Å². The smallest absolute Gasteiger partial charge is 0.333 e. The number of rotatable bonds is 17. The molecule has 3 heterocycles. The molecule has 2 amide bonds. The van der Waals surface area contributed by atoms with Gasteiger partial charge in [0.25, 0.3) is 11.8 Å². The monoisotopic (exact) mass is 1030 g/mol. The molecule has 4 aromatic rings. The molecular formula is C45H46N3O17S4-3. The van der Waals surface area contributed by atoms with E-state index in [4.69, 9.17) is 9.57 Å². The van der Waals surface area contributed by atoms with Crippen LogP contribution >= 0.6 is 0 Å². The molecule has 0 spiro atoms. The predicted molar refractivity (Wildman–Crippen MR) is 242 cm³/mol. The van der Waals surface area contributed by atoms with Gasteiger partial charge in [-0.3, -0.25) is 9.59 Å². The lowest BCUT2D eigenvalue weighted by Crippen LogP contribution is -2.32. The number of methoxy groups -OCH3 is 1. The second kappa shape index (κ2) is 18.4. The maximum absolute atomic E-state index is 12.7. The molecule has 4 aromatic carbocycles. The molecule has 7 rings (SSSR count). The number of ether oxygens (including phenoxy) is 1. The van der Waals surface area contributed by atoms with Crippen LogP contribution in [0.15, 0.2) is 92.0 Å². The second-order valence-corrected chi connectivity index (χ2v) is 23.0. The van der Waals surface area contributed by atoms with Gasteiger partial charge in [0.2, 0.25) is 5.69 Å². The van der Waals surface area contributed by atoms with Crippen molar-refractivity contribution in [3.63, 3.8) is 0 Å². The summed E-state index contributed by atoms with van der Waals surface area (Å²) >= 11 is 0. The normalized spacial score (nSPS) is 19.2. The number of nitrogens with zero attached hydrogens (tertiary/aromatic N) is 3. The Hall–Kier alpha value is -5.44. The predicted octanol–water partition coefficient (Wildman–Crippen LogP) is 4.43. The molecule has 24 heteroatoms. The third-order valence-corrected chi connectivity index (χ3v) is 16.2. The first-order valence-electron chi connectivity index (χ1n) is 21.5. The number of anilines is 1. The Labute approximate surface area is 398 Å². The number of amides is 2. The number of hydroxylamine groups is 2. The molecule has 0 bridgehead atoms. The van der Waals surface area contributed by atoms with Crippen molar-refractivity contribution in [3.8, 4) is 0 Å². The van der Waals surface area contributed by atoms with Crippen LogP contribution in [0.25, 0.3) is 21.5 Å². The number of fused-ring (bicyclic) bond motifs is 6. The van der Waals surface area contributed by atoms with Gasteiger partial charge in [0.1, 0.15) is 47.0 Å². The van der Waals surface area contributed by atoms with Crippen molar-refractivity contribution in [2.75, 3.05) is 31.7 Å². The lowest BCUT2D eigenvalue weighted by molar-refractivity contribution is -0.433. The fraction of sp³-hybridized carbons (Fsp3) is 0.378. The van der Waals surface area contributed by atoms with Crippen molar-refractivity contribution in [1.82, 2.24) is 5.06 Å². The van der Waals surface area contributed by atoms with Gasteiger partial charge < -0.3 is 32.7 Å². The van der Waals surface area contributed by atoms with Crippen molar-refractivity contribution in [2.24, 2.45) is 0 Å². The quantitative estimate of drug-likeness (QED) is 0.0611. The average Bonchev–Trinajstić information content (AvgIpc) is 3.78. The van der Waals surface area contributed by atoms with Crippen LogP contribution in [0.3, 0.4) is 0 Å². The van der Waals surface area contributed by atoms with Crippen molar-refractivity contribution in [3.05, 3.63) is 83.6 Å². The highest BCUT2D eigenvalue weighted by Crippen LogP contribution is 2.54. The third-order valence-electron chi connectivity index (χ3n) is 12.9. The largest absolute Gasteiger partial charge is 0.744 e. The van der Waals surface area contributed by atoms with Gasteiger partial charge in [0.15, 0.2) is 5.71 Å². The first-order chi connectivity index (χ1) is 32.0. The number of hydrogen-bond donors (Lipinski definition) is 0. The van der Waals surface area contributed by atoms with Crippen LogP contribution in [0.2, 0.25) is 0 Å². The lowest BCUT2D eigenvalue weighted by Gasteiger charge is -2.31. The van der Waals surface area contributed by atoms with Gasteiger partial charge in [-0.1, -0.05) is 18.6 Å². The zero-order valence-corrected chi connectivity index (χ0v) is 41.1. The van der Waals surface area contributed by atoms with E-state index in [1.54, 1.807) is 51.1 Å². The van der Waals surface area contributed by atoms with Gasteiger partial charge >= 0.3 is 5.97 Å². The van der Waals surface area contributed by atoms with Crippen molar-refractivity contribution in [1.29, 1.82) is 0 Å². The number of unbranched alkanes of at least 4 members (excludes halogenated alkanes) is 2. The van der Waals surface area contributed by atoms with E-state index < -0.39 is 88.7 Å². The number of benzene rings is 4. The van der Waals surface area contributed by atoms with Crippen molar-refractivity contribution in [2.45, 2.75) is 103 Å². The molecule has 0 aliphatic carbocycles. The molecule has 1 fully saturated rings. The van der Waals surface area contributed by atoms with Crippen molar-refractivity contribution < 1.29 is 80.4 Å². The molecule has 1 atom stereocenters. The fourth-order valence-corrected chi connectivity index (χ4v) is 12.4. The highest BCUT2D eigenvalue weighted by molar-refractivity contribution is 7.87. The summed E-state index contributed by atoms with van der Waals surface area (Å²) in [6.45, 7) is 7.92. The summed E-state index contributed by atoms with van der Waals surface area (Å²) in [5, 5.41) is 0.325. The van der Waals surface area contributed by atoms with Crippen LogP contribution in [0.4, 0.5) is 11.4 Å². The van der Waals surface area contributed by atoms with Crippen LogP contribution in [-0.2, 0) is 75.3 Å². The summed E-state index contributed by atoms with van der Waals surface area (Å²) < 4.78 is 157. The minimum absolute atomic E-state index is 0.00768. The molecule has 3 aliphatic heterocycles. The Morgan fingerprint density at radius 3 is 1.81 bits per heavy atom. The first-order valence-corrected chi connectivity index (χ1v) is 27.1. The first kappa shape index (κ1) is 51.4. The van der Waals surface area contributed by atoms with Gasteiger partial charge in [-0.05, 0) is 111 Å². The molecule has 0 aromatic heterocycles. The SMILES string of the molecule is CC[N+]1=C(/C=C/C=C2/N(CCCCCC(=O)ON3C(=O)CCC3=O)c3ccc4c(S(=O)(=O)[O-])cc(S(=O)(=O)[O-])cc4c3C2(C)CCOC)C(C)(C)c2c1ccc1c(S(=O)(=O)[O-])cc(S(=O)(=O)[O-])cc21. The Bertz CT molecular complexity index is 3420. The fourth-order valence-electron chi connectivity index (χ4n) is 9.73. The number of allylic oxidation sites excluding steroid dienone is 4. The van der Waals surface area contributed by atoms with Crippen LogP contribution in [0.1, 0.15) is 83.8 Å². The van der Waals surface area contributed by atoms with Crippen LogP contribution in [-0.4, -0.2) is 112 Å². The van der Waals surface area contributed by atoms with E-state index in [0.29, 0.717) is 70.5 Å². The number of carbonyl (C=O) groups excluding carboxylic acids is 3. The summed E-state index contributed by atoms with van der Waals surface area (Å²) in [6.07, 6.45) is 6.29. The van der Waals surface area contributed by atoms with Crippen LogP contribution in [0.5, 0.6) is 0 Å². The Balaban J connectivity index is 1.35. The highest BCUT2D eigenvalue weighted by Gasteiger charge is 2.47. The van der Waals surface area contributed by atoms with E-state index in [2.05, 4.69) is 0 Å². The molecule has 1 saturated heterocycles. The van der Waals surface area contributed by atoms with Crippen LogP contribution < -0.4 is 4.90 Å². The zero-order chi connectivity index (χ0) is 50.8. The van der Waals surface area contributed by atoms with E-state index in [9.17, 15) is 66.3 Å². The van der Waals surface area contributed by atoms with Gasteiger partial charge in [0.05, 0.1) is 25.0 Å². The average molecular weight is 1030 g/mol. The molecule has 1 unspecified atom stereocenters. The second-order valence-electron chi connectivity index (χ2n) is 17.5. The summed E-state index contributed by atoms with van der Waals surface area (Å²) in [5.41, 5.74) is 0.818. The zero-order valence-electron chi connectivity index (χ0n) is 37.8. The minimum atomic E-state index is -5.34. The standard InChI is InChI=1S/C45H49N3O17S4/c1-6-46-33-16-14-29-31(23-27(66(52,53)54)25-35(29)68(58,59)60)42(33)44(2,3)37(46)11-10-12-38-45(4,20-22-64-5)43-32-24-28(67(55,56)57)26-36(69(61,62)63)30(32)15-17-34(43)47(38)21-9-7-8-13-41(51)65-48-39(49)18-19-40(48)50/h10-12,14-17,23-26H,6-9,13,18-22H2,1-5H3,(H3-,52,53,54,55,56,57,58,59,60,61,62,63)/p-3. The molecule has 0 saturated carbocycles. The number of hydrogen-bond acceptors (Lipinski definition) is 18. The summed E-state index contributed by atoms with van der Waals surface area (Å²) in [5.74, 6) is -2.02. The Morgan fingerprint density at radius 1 is 0.739 bits per heavy atom. The Kier molecular flexibility index (Phi) is 13.7. The maximum atomic E-state index is 12.7. The van der Waals surface area contributed by atoms with E-state index >= 15 is 0 Å². The summed E-state index contributed by atoms with van der Waals surface area (Å²) in [6, 6.07) is 9.10. The van der Waals surface area contributed by atoms with E-state index in [-0.39, 0.29) is 66.8 Å². The molecule has 370 valence electrons. The summed E-state index contributed by atoms with van der Waals surface area (Å²) in [7, 11) is -19.7. The Morgan fingerprint density at radius 2 is 1.29 bits per heavy atom. The number of carbonyl (C=O) groups is 3. The van der Waals surface area contributed by atoms with Crippen LogP contribution in [0, 0.1) is 0 Å². The van der Waals surface area contributed by atoms with Crippen molar-refractivity contribution >= 4 is 96.9 Å². The minimum Gasteiger partial charge on any atom is -0.744 e. The van der Waals surface area contributed by atoms with E-state index in [1.807, 2.05) is 16.4 Å². The molecule has 3 aliphatic rings. The van der Waals surface area contributed by atoms with Gasteiger partial charge in [-0.2, -0.15) is 4.58 Å². The highest BCUT2D eigenvalue weighted by atomic mass is 32.2. The molecule has 0 N–H and O–H groups in total. The van der Waals surface area contributed by atoms with E-state index in [0.717, 1.165) is 12.1 Å². The molecule has 20 nitrogen and oxygen atoms in total. The number of imide groups is 1. The lowest BCUT2D eigenvalue weighted by atomic mass is 9.76. The van der Waals surface area contributed by atoms with Gasteiger partial charge in [-0.15, -0.1) is 5.06 Å². The maximum Gasteiger partial charge on any atom is 0.333 e. The molecule has 69 heavy (non-hydrogen) atoms. The topological polar surface area (TPSA) is 308 Å². The van der Waals surface area contributed by atoms with Gasteiger partial charge in [0, 0.05) is 79.4 Å².